The molecule has 0 saturated carbocycles. The van der Waals surface area contributed by atoms with E-state index in [-0.39, 0.29) is 5.91 Å². The van der Waals surface area contributed by atoms with Crippen molar-refractivity contribution in [1.82, 2.24) is 10.3 Å². The Morgan fingerprint density at radius 3 is 2.68 bits per heavy atom. The minimum absolute atomic E-state index is 0.358. The smallest absolute Gasteiger partial charge is 0.268 e. The molecule has 19 heavy (non-hydrogen) atoms. The van der Waals surface area contributed by atoms with E-state index in [0.29, 0.717) is 24.5 Å². The van der Waals surface area contributed by atoms with Gasteiger partial charge in [-0.15, -0.1) is 0 Å². The fraction of sp³-hybridized carbons (Fsp3) is 0.462. The molecular formula is C13H21N3O3. The molecule has 0 fully saturated rings. The highest BCUT2D eigenvalue weighted by Gasteiger charge is 2.10. The van der Waals surface area contributed by atoms with Gasteiger partial charge in [0.15, 0.2) is 0 Å². The molecule has 1 rings (SSSR count). The summed E-state index contributed by atoms with van der Waals surface area (Å²) in [6.45, 7) is 2.77. The number of carbonyl (C=O) groups excluding carboxylic acids is 1. The van der Waals surface area contributed by atoms with Crippen LogP contribution in [0.5, 0.6) is 5.75 Å². The number of para-hydroxylation sites is 1. The number of methoxy groups -OCH3 is 1. The van der Waals surface area contributed by atoms with Crippen molar-refractivity contribution < 1.29 is 14.3 Å². The number of benzene rings is 1. The molecule has 0 heterocycles. The molecule has 0 aliphatic carbocycles. The Bertz CT molecular complexity index is 398. The summed E-state index contributed by atoms with van der Waals surface area (Å²) in [5.41, 5.74) is 2.54. The van der Waals surface area contributed by atoms with Gasteiger partial charge in [0.05, 0.1) is 12.2 Å². The van der Waals surface area contributed by atoms with E-state index < -0.39 is 0 Å². The van der Waals surface area contributed by atoms with E-state index in [2.05, 4.69) is 10.3 Å². The molecule has 0 saturated heterocycles. The van der Waals surface area contributed by atoms with Gasteiger partial charge in [-0.2, -0.15) is 0 Å². The van der Waals surface area contributed by atoms with Crippen LogP contribution in [0, 0.1) is 0 Å². The Labute approximate surface area is 113 Å². The number of nitrogens with one attached hydrogen (secondary N) is 1. The second-order valence-electron chi connectivity index (χ2n) is 4.11. The molecule has 0 aromatic heterocycles. The first kappa shape index (κ1) is 15.4. The van der Waals surface area contributed by atoms with Gasteiger partial charge in [-0.25, -0.2) is 5.84 Å². The number of nitrogens with zero attached hydrogens (tertiary/aromatic N) is 1. The van der Waals surface area contributed by atoms with Crippen LogP contribution in [0.1, 0.15) is 10.4 Å². The van der Waals surface area contributed by atoms with E-state index in [0.717, 1.165) is 13.1 Å². The Morgan fingerprint density at radius 2 is 2.00 bits per heavy atom. The Balaban J connectivity index is 2.47. The molecule has 1 aromatic rings. The number of carbonyl (C=O) groups is 1. The first-order valence-electron chi connectivity index (χ1n) is 6.09. The van der Waals surface area contributed by atoms with Crippen molar-refractivity contribution in [2.75, 3.05) is 40.5 Å². The Hall–Kier alpha value is -1.63. The Morgan fingerprint density at radius 1 is 1.32 bits per heavy atom. The number of likely N-dealkylation sites (N-methyl/N-ethyl adjacent to an activating group) is 1. The standard InChI is InChI=1S/C13H21N3O3/c1-16(7-9-18-2)8-10-19-12-6-4-3-5-11(12)13(17)15-14/h3-6H,7-10,14H2,1-2H3,(H,15,17). The van der Waals surface area contributed by atoms with Gasteiger partial charge >= 0.3 is 0 Å². The minimum Gasteiger partial charge on any atom is -0.491 e. The average Bonchev–Trinajstić information content (AvgIpc) is 2.44. The van der Waals surface area contributed by atoms with Crippen molar-refractivity contribution in [1.29, 1.82) is 0 Å². The Kier molecular flexibility index (Phi) is 6.88. The average molecular weight is 267 g/mol. The summed E-state index contributed by atoms with van der Waals surface area (Å²) in [7, 11) is 3.66. The van der Waals surface area contributed by atoms with Gasteiger partial charge in [-0.05, 0) is 19.2 Å². The van der Waals surface area contributed by atoms with Gasteiger partial charge in [-0.1, -0.05) is 12.1 Å². The molecule has 6 heteroatoms. The van der Waals surface area contributed by atoms with Crippen molar-refractivity contribution >= 4 is 5.91 Å². The number of hydrogen-bond acceptors (Lipinski definition) is 5. The third kappa shape index (κ3) is 5.25. The van der Waals surface area contributed by atoms with E-state index in [1.807, 2.05) is 13.1 Å². The van der Waals surface area contributed by atoms with Crippen molar-refractivity contribution in [3.63, 3.8) is 0 Å². The largest absolute Gasteiger partial charge is 0.491 e. The lowest BCUT2D eigenvalue weighted by Crippen LogP contribution is -2.31. The van der Waals surface area contributed by atoms with Crippen LogP contribution in [0.4, 0.5) is 0 Å². The first-order valence-corrected chi connectivity index (χ1v) is 6.09. The predicted octanol–water partition coefficient (Wildman–Crippen LogP) is 0.247. The second kappa shape index (κ2) is 8.47. The van der Waals surface area contributed by atoms with Crippen LogP contribution in [0.25, 0.3) is 0 Å². The van der Waals surface area contributed by atoms with Crippen LogP contribution in [0.15, 0.2) is 24.3 Å². The summed E-state index contributed by atoms with van der Waals surface area (Å²) >= 11 is 0. The fourth-order valence-corrected chi connectivity index (χ4v) is 1.53. The van der Waals surface area contributed by atoms with Crippen LogP contribution in [-0.2, 0) is 4.74 Å². The lowest BCUT2D eigenvalue weighted by atomic mass is 10.2. The quantitative estimate of drug-likeness (QED) is 0.401. The van der Waals surface area contributed by atoms with E-state index >= 15 is 0 Å². The van der Waals surface area contributed by atoms with Crippen molar-refractivity contribution in [2.45, 2.75) is 0 Å². The third-order valence-corrected chi connectivity index (χ3v) is 2.67. The number of ether oxygens (including phenoxy) is 2. The van der Waals surface area contributed by atoms with Gasteiger partial charge in [-0.3, -0.25) is 10.2 Å². The highest BCUT2D eigenvalue weighted by atomic mass is 16.5. The highest BCUT2D eigenvalue weighted by Crippen LogP contribution is 2.17. The van der Waals surface area contributed by atoms with Gasteiger partial charge in [0, 0.05) is 20.2 Å². The number of nitrogen functional groups attached to an aromatic ring is 1. The molecule has 1 aromatic carbocycles. The van der Waals surface area contributed by atoms with Crippen molar-refractivity contribution in [3.05, 3.63) is 29.8 Å². The van der Waals surface area contributed by atoms with Gasteiger partial charge in [0.2, 0.25) is 0 Å². The topological polar surface area (TPSA) is 76.8 Å². The molecule has 0 unspecified atom stereocenters. The molecule has 106 valence electrons. The number of hydrogen-bond donors (Lipinski definition) is 2. The van der Waals surface area contributed by atoms with Gasteiger partial charge in [0.25, 0.3) is 5.91 Å². The number of nitrogens with two attached hydrogens (primary N) is 1. The van der Waals surface area contributed by atoms with E-state index in [9.17, 15) is 4.79 Å². The molecule has 0 spiro atoms. The van der Waals surface area contributed by atoms with E-state index in [4.69, 9.17) is 15.3 Å². The summed E-state index contributed by atoms with van der Waals surface area (Å²) in [6, 6.07) is 7.01. The normalized spacial score (nSPS) is 10.5. The lowest BCUT2D eigenvalue weighted by Gasteiger charge is -2.17. The maximum absolute atomic E-state index is 11.5. The van der Waals surface area contributed by atoms with Gasteiger partial charge in [0.1, 0.15) is 12.4 Å². The highest BCUT2D eigenvalue weighted by molar-refractivity contribution is 5.96. The molecule has 0 radical (unpaired) electrons. The van der Waals surface area contributed by atoms with Crippen molar-refractivity contribution in [2.24, 2.45) is 5.84 Å². The summed E-state index contributed by atoms with van der Waals surface area (Å²) in [5, 5.41) is 0. The fourth-order valence-electron chi connectivity index (χ4n) is 1.53. The maximum Gasteiger partial charge on any atom is 0.268 e. The molecule has 1 amide bonds. The first-order chi connectivity index (χ1) is 9.19. The predicted molar refractivity (Wildman–Crippen MR) is 73.0 cm³/mol. The summed E-state index contributed by atoms with van der Waals surface area (Å²) < 4.78 is 10.6. The minimum atomic E-state index is -0.358. The van der Waals surface area contributed by atoms with Crippen molar-refractivity contribution in [3.8, 4) is 5.75 Å². The molecule has 0 atom stereocenters. The number of hydrazine groups is 1. The molecule has 3 N–H and O–H groups in total. The summed E-state index contributed by atoms with van der Waals surface area (Å²) in [6.07, 6.45) is 0. The lowest BCUT2D eigenvalue weighted by molar-refractivity contribution is 0.0948. The third-order valence-electron chi connectivity index (χ3n) is 2.67. The second-order valence-corrected chi connectivity index (χ2v) is 4.11. The molecule has 0 bridgehead atoms. The zero-order chi connectivity index (χ0) is 14.1. The number of amides is 1. The van der Waals surface area contributed by atoms with E-state index in [1.165, 1.54) is 0 Å². The molecular weight excluding hydrogens is 246 g/mol. The molecule has 0 aliphatic rings. The van der Waals surface area contributed by atoms with Crippen LogP contribution in [-0.4, -0.2) is 51.3 Å². The monoisotopic (exact) mass is 267 g/mol. The molecule has 0 aliphatic heterocycles. The summed E-state index contributed by atoms with van der Waals surface area (Å²) in [5.74, 6) is 5.30. The van der Waals surface area contributed by atoms with Crippen LogP contribution in [0.3, 0.4) is 0 Å². The summed E-state index contributed by atoms with van der Waals surface area (Å²) in [4.78, 5) is 13.6. The number of rotatable bonds is 8. The van der Waals surface area contributed by atoms with Crippen LogP contribution < -0.4 is 16.0 Å². The maximum atomic E-state index is 11.5. The van der Waals surface area contributed by atoms with Crippen LogP contribution >= 0.6 is 0 Å². The SMILES string of the molecule is COCCN(C)CCOc1ccccc1C(=O)NN. The molecule has 6 nitrogen and oxygen atoms in total. The van der Waals surface area contributed by atoms with Gasteiger partial charge < -0.3 is 14.4 Å². The zero-order valence-corrected chi connectivity index (χ0v) is 11.4. The zero-order valence-electron chi connectivity index (χ0n) is 11.4. The van der Waals surface area contributed by atoms with E-state index in [1.54, 1.807) is 25.3 Å². The van der Waals surface area contributed by atoms with Crippen LogP contribution in [0.2, 0.25) is 0 Å².